The summed E-state index contributed by atoms with van der Waals surface area (Å²) in [6, 6.07) is 5.36. The summed E-state index contributed by atoms with van der Waals surface area (Å²) < 4.78 is 5.36. The highest BCUT2D eigenvalue weighted by atomic mass is 16.5. The molecule has 1 aromatic carbocycles. The van der Waals surface area contributed by atoms with Crippen LogP contribution in [0.5, 0.6) is 5.75 Å². The quantitative estimate of drug-likeness (QED) is 0.632. The third kappa shape index (κ3) is 1.29. The van der Waals surface area contributed by atoms with Gasteiger partial charge < -0.3 is 19.8 Å². The average Bonchev–Trinajstić information content (AvgIpc) is 2.90. The number of fused-ring (bicyclic) bond motifs is 2. The molecule has 0 saturated heterocycles. The zero-order valence-electron chi connectivity index (χ0n) is 9.07. The fourth-order valence-electron chi connectivity index (χ4n) is 2.10. The van der Waals surface area contributed by atoms with Crippen molar-refractivity contribution >= 4 is 27.8 Å². The number of hydrogen-bond acceptors (Lipinski definition) is 2. The molecule has 0 bridgehead atoms. The lowest BCUT2D eigenvalue weighted by atomic mass is 10.1. The molecule has 3 N–H and O–H groups in total. The summed E-state index contributed by atoms with van der Waals surface area (Å²) in [5.41, 5.74) is 1.81. The van der Waals surface area contributed by atoms with Crippen molar-refractivity contribution in [1.82, 2.24) is 9.97 Å². The van der Waals surface area contributed by atoms with Crippen LogP contribution in [0, 0.1) is 0 Å². The van der Waals surface area contributed by atoms with Gasteiger partial charge >= 0.3 is 5.97 Å². The van der Waals surface area contributed by atoms with Crippen LogP contribution in [0.3, 0.4) is 0 Å². The van der Waals surface area contributed by atoms with E-state index in [0.717, 1.165) is 21.8 Å². The number of H-pyrrole nitrogens is 2. The minimum absolute atomic E-state index is 0.158. The molecule has 0 radical (unpaired) electrons. The van der Waals surface area contributed by atoms with Crippen LogP contribution < -0.4 is 4.74 Å². The molecule has 0 aliphatic heterocycles. The molecule has 17 heavy (non-hydrogen) atoms. The number of benzene rings is 1. The van der Waals surface area contributed by atoms with Crippen molar-refractivity contribution in [2.45, 2.75) is 0 Å². The van der Waals surface area contributed by atoms with Crippen LogP contribution in [0.15, 0.2) is 24.4 Å². The predicted molar refractivity (Wildman–Crippen MR) is 63.7 cm³/mol. The molecule has 0 spiro atoms. The lowest BCUT2D eigenvalue weighted by Gasteiger charge is -2.03. The fraction of sp³-hybridized carbons (Fsp3) is 0.0833. The minimum atomic E-state index is -0.980. The number of nitrogens with one attached hydrogen (secondary N) is 2. The highest BCUT2D eigenvalue weighted by Crippen LogP contribution is 2.34. The van der Waals surface area contributed by atoms with Gasteiger partial charge in [-0.05, 0) is 18.2 Å². The molecule has 3 rings (SSSR count). The van der Waals surface area contributed by atoms with Crippen LogP contribution in [-0.2, 0) is 0 Å². The number of hydrogen-bond donors (Lipinski definition) is 3. The van der Waals surface area contributed by atoms with Gasteiger partial charge in [0.25, 0.3) is 0 Å². The van der Waals surface area contributed by atoms with Gasteiger partial charge in [0.05, 0.1) is 18.1 Å². The number of aromatic amines is 2. The molecule has 86 valence electrons. The summed E-state index contributed by atoms with van der Waals surface area (Å²) >= 11 is 0. The van der Waals surface area contributed by atoms with E-state index in [1.165, 1.54) is 0 Å². The maximum absolute atomic E-state index is 10.9. The first-order valence-corrected chi connectivity index (χ1v) is 5.11. The van der Waals surface area contributed by atoms with E-state index in [4.69, 9.17) is 9.84 Å². The molecule has 5 heteroatoms. The number of ether oxygens (including phenoxy) is 1. The van der Waals surface area contributed by atoms with Gasteiger partial charge in [-0.25, -0.2) is 4.79 Å². The normalized spacial score (nSPS) is 11.1. The molecular formula is C12H10N2O3. The molecule has 2 heterocycles. The van der Waals surface area contributed by atoms with Crippen LogP contribution in [-0.4, -0.2) is 28.2 Å². The van der Waals surface area contributed by atoms with Crippen LogP contribution in [0.1, 0.15) is 10.5 Å². The van der Waals surface area contributed by atoms with Crippen LogP contribution >= 0.6 is 0 Å². The maximum Gasteiger partial charge on any atom is 0.352 e. The summed E-state index contributed by atoms with van der Waals surface area (Å²) in [5, 5.41) is 10.7. The van der Waals surface area contributed by atoms with Crippen molar-refractivity contribution in [3.8, 4) is 5.75 Å². The van der Waals surface area contributed by atoms with Crippen LogP contribution in [0.4, 0.5) is 0 Å². The van der Waals surface area contributed by atoms with Gasteiger partial charge in [-0.15, -0.1) is 0 Å². The average molecular weight is 230 g/mol. The molecule has 3 aromatic rings. The smallest absolute Gasteiger partial charge is 0.352 e. The van der Waals surface area contributed by atoms with Crippen LogP contribution in [0.25, 0.3) is 21.8 Å². The van der Waals surface area contributed by atoms with E-state index in [1.54, 1.807) is 13.2 Å². The van der Waals surface area contributed by atoms with E-state index in [0.29, 0.717) is 5.75 Å². The Morgan fingerprint density at radius 1 is 1.29 bits per heavy atom. The Labute approximate surface area is 96.0 Å². The molecule has 0 amide bonds. The standard InChI is InChI=1S/C12H10N2O3/c1-17-11-6-2-3-13-8(6)5-9-7(11)4-10(14-9)12(15)16/h2-5,13-14H,1H3,(H,15,16). The van der Waals surface area contributed by atoms with E-state index >= 15 is 0 Å². The Morgan fingerprint density at radius 3 is 2.82 bits per heavy atom. The largest absolute Gasteiger partial charge is 0.495 e. The maximum atomic E-state index is 10.9. The zero-order chi connectivity index (χ0) is 12.0. The van der Waals surface area contributed by atoms with Crippen LogP contribution in [0.2, 0.25) is 0 Å². The predicted octanol–water partition coefficient (Wildman–Crippen LogP) is 2.36. The fourth-order valence-corrected chi connectivity index (χ4v) is 2.10. The number of methoxy groups -OCH3 is 1. The Morgan fingerprint density at radius 2 is 2.12 bits per heavy atom. The highest BCUT2D eigenvalue weighted by Gasteiger charge is 2.14. The van der Waals surface area contributed by atoms with E-state index in [2.05, 4.69) is 9.97 Å². The van der Waals surface area contributed by atoms with Gasteiger partial charge in [-0.3, -0.25) is 0 Å². The Bertz CT molecular complexity index is 724. The van der Waals surface area contributed by atoms with Gasteiger partial charge in [0.2, 0.25) is 0 Å². The number of rotatable bonds is 2. The van der Waals surface area contributed by atoms with Gasteiger partial charge in [0.15, 0.2) is 0 Å². The van der Waals surface area contributed by atoms with Gasteiger partial charge in [-0.1, -0.05) is 0 Å². The van der Waals surface area contributed by atoms with Crippen molar-refractivity contribution in [3.63, 3.8) is 0 Å². The van der Waals surface area contributed by atoms with E-state index < -0.39 is 5.97 Å². The number of carboxylic acid groups (broad SMARTS) is 1. The summed E-state index contributed by atoms with van der Waals surface area (Å²) in [7, 11) is 1.58. The SMILES string of the molecule is COc1c2cc[nH]c2cc2[nH]c(C(=O)O)cc12. The van der Waals surface area contributed by atoms with E-state index in [-0.39, 0.29) is 5.69 Å². The molecule has 5 nitrogen and oxygen atoms in total. The highest BCUT2D eigenvalue weighted by molar-refractivity contribution is 6.05. The monoisotopic (exact) mass is 230 g/mol. The summed E-state index contributed by atoms with van der Waals surface area (Å²) in [5.74, 6) is -0.297. The van der Waals surface area contributed by atoms with Crippen molar-refractivity contribution in [3.05, 3.63) is 30.1 Å². The topological polar surface area (TPSA) is 78.1 Å². The molecule has 2 aromatic heterocycles. The molecule has 0 fully saturated rings. The summed E-state index contributed by atoms with van der Waals surface area (Å²) in [6.07, 6.45) is 1.82. The summed E-state index contributed by atoms with van der Waals surface area (Å²) in [4.78, 5) is 16.9. The molecule has 0 unspecified atom stereocenters. The summed E-state index contributed by atoms with van der Waals surface area (Å²) in [6.45, 7) is 0. The van der Waals surface area contributed by atoms with Gasteiger partial charge in [-0.2, -0.15) is 0 Å². The number of aromatic nitrogens is 2. The molecule has 0 aliphatic rings. The van der Waals surface area contributed by atoms with Gasteiger partial charge in [0, 0.05) is 17.0 Å². The first-order valence-electron chi connectivity index (χ1n) is 5.11. The van der Waals surface area contributed by atoms with Crippen molar-refractivity contribution in [1.29, 1.82) is 0 Å². The minimum Gasteiger partial charge on any atom is -0.495 e. The Kier molecular flexibility index (Phi) is 1.89. The molecule has 0 aliphatic carbocycles. The number of carbonyl (C=O) groups is 1. The zero-order valence-corrected chi connectivity index (χ0v) is 9.07. The number of aromatic carboxylic acids is 1. The first kappa shape index (κ1) is 9.77. The number of carboxylic acids is 1. The van der Waals surface area contributed by atoms with E-state index in [9.17, 15) is 4.79 Å². The van der Waals surface area contributed by atoms with Crippen molar-refractivity contribution in [2.24, 2.45) is 0 Å². The van der Waals surface area contributed by atoms with Gasteiger partial charge in [0.1, 0.15) is 11.4 Å². The second-order valence-electron chi connectivity index (χ2n) is 3.80. The molecular weight excluding hydrogens is 220 g/mol. The lowest BCUT2D eigenvalue weighted by molar-refractivity contribution is 0.0691. The Hall–Kier alpha value is -2.43. The van der Waals surface area contributed by atoms with Crippen molar-refractivity contribution in [2.75, 3.05) is 7.11 Å². The second-order valence-corrected chi connectivity index (χ2v) is 3.80. The Balaban J connectivity index is 2.45. The lowest BCUT2D eigenvalue weighted by Crippen LogP contribution is -1.94. The van der Waals surface area contributed by atoms with E-state index in [1.807, 2.05) is 18.3 Å². The first-order chi connectivity index (χ1) is 8.20. The third-order valence-corrected chi connectivity index (χ3v) is 2.84. The third-order valence-electron chi connectivity index (χ3n) is 2.84. The van der Waals surface area contributed by atoms with Crippen molar-refractivity contribution < 1.29 is 14.6 Å². The molecule has 0 atom stereocenters. The second kappa shape index (κ2) is 3.28. The molecule has 0 saturated carbocycles.